The van der Waals surface area contributed by atoms with Gasteiger partial charge in [0.1, 0.15) is 29.3 Å². The molecule has 10 nitrogen and oxygen atoms in total. The number of piperazine rings is 1. The fraction of sp³-hybridized carbons (Fsp3) is 0.483. The Morgan fingerprint density at radius 1 is 0.978 bits per heavy atom. The molecule has 1 amide bonds. The normalized spacial score (nSPS) is 19.9. The van der Waals surface area contributed by atoms with Crippen LogP contribution in [0, 0.1) is 10.1 Å². The lowest BCUT2D eigenvalue weighted by atomic mass is 9.92. The number of nitrogens with one attached hydrogen (secondary N) is 1. The van der Waals surface area contributed by atoms with E-state index in [2.05, 4.69) is 15.0 Å². The van der Waals surface area contributed by atoms with E-state index in [0.29, 0.717) is 75.1 Å². The fourth-order valence-electron chi connectivity index (χ4n) is 5.63. The molecule has 1 aromatic heterocycles. The molecule has 0 radical (unpaired) electrons. The highest BCUT2D eigenvalue weighted by molar-refractivity contribution is 5.79. The second-order valence-corrected chi connectivity index (χ2v) is 11.0. The van der Waals surface area contributed by atoms with Gasteiger partial charge in [-0.05, 0) is 62.1 Å². The van der Waals surface area contributed by atoms with Crippen LogP contribution in [0.1, 0.15) is 37.0 Å². The molecule has 1 aliphatic heterocycles. The summed E-state index contributed by atoms with van der Waals surface area (Å²) < 4.78 is 92.9. The van der Waals surface area contributed by atoms with E-state index in [9.17, 15) is 41.3 Å². The maximum Gasteiger partial charge on any atom is 0.573 e. The Hall–Kier alpha value is -4.05. The minimum Gasteiger partial charge on any atom is -0.460 e. The molecule has 1 saturated heterocycles. The molecule has 1 saturated carbocycles. The van der Waals surface area contributed by atoms with Gasteiger partial charge in [0.2, 0.25) is 5.91 Å². The van der Waals surface area contributed by atoms with E-state index in [1.807, 2.05) is 0 Å². The number of carbonyl (C=O) groups excluding carboxylic acids is 1. The zero-order chi connectivity index (χ0) is 32.4. The van der Waals surface area contributed by atoms with E-state index in [1.165, 1.54) is 24.3 Å². The van der Waals surface area contributed by atoms with E-state index in [0.717, 1.165) is 12.1 Å². The third-order valence-electron chi connectivity index (χ3n) is 7.86. The Morgan fingerprint density at radius 3 is 2.33 bits per heavy atom. The van der Waals surface area contributed by atoms with Crippen LogP contribution in [0.3, 0.4) is 0 Å². The third-order valence-corrected chi connectivity index (χ3v) is 7.86. The van der Waals surface area contributed by atoms with E-state index >= 15 is 0 Å². The average Bonchev–Trinajstić information content (AvgIpc) is 3.37. The molecule has 1 aliphatic carbocycles. The molecule has 2 aromatic carbocycles. The molecule has 0 bridgehead atoms. The van der Waals surface area contributed by atoms with E-state index < -0.39 is 28.7 Å². The van der Waals surface area contributed by atoms with Crippen molar-refractivity contribution in [2.75, 3.05) is 38.1 Å². The van der Waals surface area contributed by atoms with Crippen LogP contribution in [-0.4, -0.2) is 71.9 Å². The van der Waals surface area contributed by atoms with Gasteiger partial charge < -0.3 is 24.1 Å². The standard InChI is InChI=1S/C29H30F6N4O6/c30-28(31,32)24-15-20(3-7-25(24)39(41)42)36-19-1-4-21(5-2-19)43-17-27(40)38-11-9-37(10-12-38)16-23-14-18-13-22(45-29(33,34)35)6-8-26(18)44-23/h3,6-8,13-15,19,21,36H,1-2,4-5,9-12,16-17H2. The summed E-state index contributed by atoms with van der Waals surface area (Å²) in [6.07, 6.45) is -7.44. The third kappa shape index (κ3) is 8.57. The van der Waals surface area contributed by atoms with Gasteiger partial charge in [0.05, 0.1) is 17.6 Å². The van der Waals surface area contributed by atoms with E-state index in [1.54, 1.807) is 11.0 Å². The molecular formula is C29H30F6N4O6. The van der Waals surface area contributed by atoms with Crippen LogP contribution < -0.4 is 10.1 Å². The number of furan rings is 1. The number of hydrogen-bond donors (Lipinski definition) is 1. The highest BCUT2D eigenvalue weighted by Crippen LogP contribution is 2.38. The number of hydrogen-bond acceptors (Lipinski definition) is 8. The van der Waals surface area contributed by atoms with Gasteiger partial charge in [0, 0.05) is 49.4 Å². The van der Waals surface area contributed by atoms with Crippen LogP contribution in [0.2, 0.25) is 0 Å². The zero-order valence-electron chi connectivity index (χ0n) is 23.8. The van der Waals surface area contributed by atoms with Crippen LogP contribution in [0.5, 0.6) is 5.75 Å². The number of ether oxygens (including phenoxy) is 2. The average molecular weight is 645 g/mol. The summed E-state index contributed by atoms with van der Waals surface area (Å²) in [6, 6.07) is 8.27. The summed E-state index contributed by atoms with van der Waals surface area (Å²) in [5.41, 5.74) is -1.71. The molecule has 16 heteroatoms. The molecule has 2 fully saturated rings. The molecule has 3 aromatic rings. The number of nitro groups is 1. The first-order chi connectivity index (χ1) is 21.2. The second kappa shape index (κ2) is 13.1. The first-order valence-corrected chi connectivity index (χ1v) is 14.3. The van der Waals surface area contributed by atoms with Gasteiger partial charge in [-0.15, -0.1) is 13.2 Å². The second-order valence-electron chi connectivity index (χ2n) is 11.0. The minimum absolute atomic E-state index is 0.0913. The molecule has 0 atom stereocenters. The Kier molecular flexibility index (Phi) is 9.44. The van der Waals surface area contributed by atoms with Crippen molar-refractivity contribution in [1.29, 1.82) is 0 Å². The lowest BCUT2D eigenvalue weighted by Crippen LogP contribution is -2.49. The minimum atomic E-state index is -4.86. The molecule has 45 heavy (non-hydrogen) atoms. The number of anilines is 1. The topological polar surface area (TPSA) is 110 Å². The number of halogens is 6. The zero-order valence-corrected chi connectivity index (χ0v) is 23.8. The van der Waals surface area contributed by atoms with Gasteiger partial charge >= 0.3 is 12.5 Å². The number of benzene rings is 2. The van der Waals surface area contributed by atoms with Crippen molar-refractivity contribution >= 4 is 28.3 Å². The van der Waals surface area contributed by atoms with Crippen molar-refractivity contribution in [2.45, 2.75) is 56.9 Å². The summed E-state index contributed by atoms with van der Waals surface area (Å²) in [5, 5.41) is 14.5. The van der Waals surface area contributed by atoms with Crippen molar-refractivity contribution in [2.24, 2.45) is 0 Å². The molecule has 1 N–H and O–H groups in total. The molecule has 244 valence electrons. The summed E-state index contributed by atoms with van der Waals surface area (Å²) in [4.78, 5) is 26.5. The van der Waals surface area contributed by atoms with Crippen LogP contribution >= 0.6 is 0 Å². The maximum absolute atomic E-state index is 13.3. The Labute approximate surface area is 253 Å². The quantitative estimate of drug-likeness (QED) is 0.163. The highest BCUT2D eigenvalue weighted by atomic mass is 19.4. The van der Waals surface area contributed by atoms with E-state index in [-0.39, 0.29) is 36.1 Å². The lowest BCUT2D eigenvalue weighted by molar-refractivity contribution is -0.388. The maximum atomic E-state index is 13.3. The Bertz CT molecular complexity index is 1510. The lowest BCUT2D eigenvalue weighted by Gasteiger charge is -2.35. The van der Waals surface area contributed by atoms with Gasteiger partial charge in [-0.2, -0.15) is 13.2 Å². The fourth-order valence-corrected chi connectivity index (χ4v) is 5.63. The number of carbonyl (C=O) groups is 1. The number of nitrogens with zero attached hydrogens (tertiary/aromatic N) is 3. The van der Waals surface area contributed by atoms with Gasteiger partial charge in [-0.3, -0.25) is 19.8 Å². The van der Waals surface area contributed by atoms with Crippen LogP contribution in [-0.2, 0) is 22.3 Å². The highest BCUT2D eigenvalue weighted by Gasteiger charge is 2.38. The van der Waals surface area contributed by atoms with E-state index in [4.69, 9.17) is 9.15 Å². The van der Waals surface area contributed by atoms with Crippen molar-refractivity contribution < 1.29 is 50.0 Å². The van der Waals surface area contributed by atoms with Crippen molar-refractivity contribution in [1.82, 2.24) is 9.80 Å². The van der Waals surface area contributed by atoms with Crippen LogP contribution in [0.4, 0.5) is 37.7 Å². The largest absolute Gasteiger partial charge is 0.573 e. The van der Waals surface area contributed by atoms with Crippen molar-refractivity contribution in [3.63, 3.8) is 0 Å². The first-order valence-electron chi connectivity index (χ1n) is 14.3. The summed E-state index contributed by atoms with van der Waals surface area (Å²) in [5.74, 6) is 0.102. The van der Waals surface area contributed by atoms with Crippen molar-refractivity contribution in [3.05, 3.63) is 63.9 Å². The van der Waals surface area contributed by atoms with Gasteiger partial charge in [0.25, 0.3) is 5.69 Å². The molecular weight excluding hydrogens is 614 g/mol. The molecule has 0 spiro atoms. The molecule has 2 aliphatic rings. The van der Waals surface area contributed by atoms with Gasteiger partial charge in [-0.25, -0.2) is 0 Å². The number of fused-ring (bicyclic) bond motifs is 1. The molecule has 0 unspecified atom stereocenters. The van der Waals surface area contributed by atoms with Crippen molar-refractivity contribution in [3.8, 4) is 5.75 Å². The summed E-state index contributed by atoms with van der Waals surface area (Å²) in [6.45, 7) is 2.42. The number of amides is 1. The number of nitro benzene ring substituents is 1. The van der Waals surface area contributed by atoms with Gasteiger partial charge in [-0.1, -0.05) is 0 Å². The monoisotopic (exact) mass is 644 g/mol. The first kappa shape index (κ1) is 32.3. The predicted octanol–water partition coefficient (Wildman–Crippen LogP) is 6.34. The predicted molar refractivity (Wildman–Crippen MR) is 148 cm³/mol. The van der Waals surface area contributed by atoms with Crippen LogP contribution in [0.25, 0.3) is 11.0 Å². The SMILES string of the molecule is O=C(COC1CCC(Nc2ccc([N+](=O)[O-])c(C(F)(F)F)c2)CC1)N1CCN(Cc2cc3cc(OC(F)(F)F)ccc3o2)CC1. The smallest absolute Gasteiger partial charge is 0.460 e. The summed E-state index contributed by atoms with van der Waals surface area (Å²) >= 11 is 0. The molecule has 2 heterocycles. The molecule has 5 rings (SSSR count). The Balaban J connectivity index is 1.03. The number of alkyl halides is 6. The Morgan fingerprint density at radius 2 is 1.69 bits per heavy atom. The number of rotatable bonds is 9. The van der Waals surface area contributed by atoms with Gasteiger partial charge in [0.15, 0.2) is 0 Å². The summed E-state index contributed by atoms with van der Waals surface area (Å²) in [7, 11) is 0. The van der Waals surface area contributed by atoms with Crippen LogP contribution in [0.15, 0.2) is 46.9 Å².